The number of hydrogen-bond donors (Lipinski definition) is 3. The van der Waals surface area contributed by atoms with Crippen LogP contribution in [0.2, 0.25) is 0 Å². The number of nitrogens with zero attached hydrogens (tertiary/aromatic N) is 4. The Morgan fingerprint density at radius 2 is 2.21 bits per heavy atom. The van der Waals surface area contributed by atoms with E-state index >= 15 is 0 Å². The minimum atomic E-state index is -0.858. The Morgan fingerprint density at radius 3 is 2.89 bits per heavy atom. The molecule has 0 aliphatic rings. The van der Waals surface area contributed by atoms with Gasteiger partial charge in [-0.05, 0) is 27.7 Å². The molecule has 0 aromatic carbocycles. The van der Waals surface area contributed by atoms with Crippen molar-refractivity contribution in [3.05, 3.63) is 31.5 Å². The van der Waals surface area contributed by atoms with Crippen LogP contribution >= 0.6 is 27.7 Å². The average molecular weight is 346 g/mol. The molecule has 100 valence electrons. The summed E-state index contributed by atoms with van der Waals surface area (Å²) in [6.07, 6.45) is 1.31. The Balaban J connectivity index is 2.45. The van der Waals surface area contributed by atoms with Gasteiger partial charge in [-0.3, -0.25) is 19.4 Å². The number of hydrogen-bond acceptors (Lipinski definition) is 8. The van der Waals surface area contributed by atoms with E-state index < -0.39 is 11.1 Å². The fourth-order valence-electron chi connectivity index (χ4n) is 1.16. The zero-order valence-corrected chi connectivity index (χ0v) is 11.9. The van der Waals surface area contributed by atoms with Gasteiger partial charge in [0.05, 0.1) is 4.47 Å². The van der Waals surface area contributed by atoms with Crippen molar-refractivity contribution in [1.29, 1.82) is 0 Å². The lowest BCUT2D eigenvalue weighted by molar-refractivity contribution is 0.596. The molecule has 2 aromatic rings. The Labute approximate surface area is 118 Å². The van der Waals surface area contributed by atoms with Crippen molar-refractivity contribution in [3.8, 4) is 0 Å². The number of anilines is 1. The maximum Gasteiger partial charge on any atom is 0.339 e. The highest BCUT2D eigenvalue weighted by molar-refractivity contribution is 9.10. The van der Waals surface area contributed by atoms with Crippen molar-refractivity contribution in [2.45, 2.75) is 10.2 Å². The molecule has 2 heterocycles. The SMILES string of the molecule is Cn1[nH]c(=O)c(=O)nc1Sc1ncnc(NN)c1Br. The van der Waals surface area contributed by atoms with E-state index in [-0.39, 0.29) is 5.16 Å². The molecular formula is C8H8BrN7O2S. The Hall–Kier alpha value is -1.72. The van der Waals surface area contributed by atoms with Crippen LogP contribution in [0.4, 0.5) is 5.82 Å². The number of aryl methyl sites for hydroxylation is 1. The second-order valence-corrected chi connectivity index (χ2v) is 5.04. The van der Waals surface area contributed by atoms with Gasteiger partial charge in [0, 0.05) is 7.05 Å². The van der Waals surface area contributed by atoms with Crippen molar-refractivity contribution >= 4 is 33.5 Å². The van der Waals surface area contributed by atoms with E-state index in [4.69, 9.17) is 5.84 Å². The van der Waals surface area contributed by atoms with E-state index in [1.165, 1.54) is 11.0 Å². The van der Waals surface area contributed by atoms with Crippen LogP contribution in [0.1, 0.15) is 0 Å². The summed E-state index contributed by atoms with van der Waals surface area (Å²) in [5.41, 5.74) is 0.760. The molecular weight excluding hydrogens is 338 g/mol. The molecule has 0 unspecified atom stereocenters. The fraction of sp³-hybridized carbons (Fsp3) is 0.125. The third-order valence-electron chi connectivity index (χ3n) is 2.03. The minimum Gasteiger partial charge on any atom is -0.307 e. The third kappa shape index (κ3) is 2.83. The third-order valence-corrected chi connectivity index (χ3v) is 4.09. The predicted octanol–water partition coefficient (Wildman–Crippen LogP) is -0.542. The van der Waals surface area contributed by atoms with E-state index in [0.717, 1.165) is 11.8 Å². The standard InChI is InChI=1S/C8H8BrN7O2S/c1-16-8(13-5(17)6(18)15-16)19-7-3(9)4(14-10)11-2-12-7/h2H,10H2,1H3,(H,15,18)(H,11,12,14). The lowest BCUT2D eigenvalue weighted by Gasteiger charge is -2.08. The lowest BCUT2D eigenvalue weighted by Crippen LogP contribution is -2.33. The van der Waals surface area contributed by atoms with Crippen LogP contribution in [-0.2, 0) is 7.05 Å². The quantitative estimate of drug-likeness (QED) is 0.292. The number of hydrazine groups is 1. The van der Waals surface area contributed by atoms with Crippen molar-refractivity contribution < 1.29 is 0 Å². The van der Waals surface area contributed by atoms with Gasteiger partial charge in [0.25, 0.3) is 0 Å². The molecule has 0 radical (unpaired) electrons. The van der Waals surface area contributed by atoms with E-state index in [1.54, 1.807) is 7.05 Å². The number of aromatic amines is 1. The normalized spacial score (nSPS) is 10.5. The average Bonchev–Trinajstić information content (AvgIpc) is 2.38. The Bertz CT molecular complexity index is 728. The number of aromatic nitrogens is 5. The van der Waals surface area contributed by atoms with E-state index in [9.17, 15) is 9.59 Å². The molecule has 19 heavy (non-hydrogen) atoms. The van der Waals surface area contributed by atoms with Crippen LogP contribution < -0.4 is 22.4 Å². The Morgan fingerprint density at radius 1 is 1.47 bits per heavy atom. The van der Waals surface area contributed by atoms with E-state index in [1.807, 2.05) is 0 Å². The highest BCUT2D eigenvalue weighted by Gasteiger charge is 2.12. The first-order valence-corrected chi connectivity index (χ1v) is 6.46. The second-order valence-electron chi connectivity index (χ2n) is 3.29. The van der Waals surface area contributed by atoms with Gasteiger partial charge in [0.2, 0.25) is 0 Å². The van der Waals surface area contributed by atoms with Crippen LogP contribution in [-0.4, -0.2) is 24.7 Å². The summed E-state index contributed by atoms with van der Waals surface area (Å²) in [5.74, 6) is 5.68. The molecule has 0 aliphatic carbocycles. The van der Waals surface area contributed by atoms with E-state index in [0.29, 0.717) is 15.3 Å². The molecule has 0 aliphatic heterocycles. The number of nitrogens with two attached hydrogens (primary N) is 1. The second kappa shape index (κ2) is 5.50. The topological polar surface area (TPSA) is 132 Å². The Kier molecular flexibility index (Phi) is 3.97. The summed E-state index contributed by atoms with van der Waals surface area (Å²) in [5, 5.41) is 3.12. The lowest BCUT2D eigenvalue weighted by atomic mass is 10.6. The van der Waals surface area contributed by atoms with Gasteiger partial charge in [0.1, 0.15) is 11.4 Å². The van der Waals surface area contributed by atoms with Crippen LogP contribution in [0.3, 0.4) is 0 Å². The molecule has 0 spiro atoms. The molecule has 2 rings (SSSR count). The zero-order valence-electron chi connectivity index (χ0n) is 9.55. The molecule has 0 amide bonds. The van der Waals surface area contributed by atoms with Crippen LogP contribution in [0.5, 0.6) is 0 Å². The largest absolute Gasteiger partial charge is 0.339 e. The summed E-state index contributed by atoms with van der Waals surface area (Å²) >= 11 is 4.36. The number of nitrogen functional groups attached to an aromatic ring is 1. The summed E-state index contributed by atoms with van der Waals surface area (Å²) in [4.78, 5) is 33.9. The molecule has 0 atom stereocenters. The summed E-state index contributed by atoms with van der Waals surface area (Å²) in [7, 11) is 1.56. The van der Waals surface area contributed by atoms with Crippen LogP contribution in [0.25, 0.3) is 0 Å². The molecule has 0 saturated heterocycles. The van der Waals surface area contributed by atoms with Crippen molar-refractivity contribution in [2.24, 2.45) is 12.9 Å². The van der Waals surface area contributed by atoms with Crippen LogP contribution in [0, 0.1) is 0 Å². The van der Waals surface area contributed by atoms with Crippen molar-refractivity contribution in [1.82, 2.24) is 24.7 Å². The number of halogens is 1. The van der Waals surface area contributed by atoms with Gasteiger partial charge in [-0.15, -0.1) is 0 Å². The highest BCUT2D eigenvalue weighted by atomic mass is 79.9. The smallest absolute Gasteiger partial charge is 0.307 e. The molecule has 4 N–H and O–H groups in total. The van der Waals surface area contributed by atoms with Crippen LogP contribution in [0.15, 0.2) is 30.6 Å². The van der Waals surface area contributed by atoms with E-state index in [2.05, 4.69) is 41.4 Å². The zero-order chi connectivity index (χ0) is 14.0. The maximum atomic E-state index is 11.2. The highest BCUT2D eigenvalue weighted by Crippen LogP contribution is 2.32. The summed E-state index contributed by atoms with van der Waals surface area (Å²) < 4.78 is 1.86. The number of nitrogens with one attached hydrogen (secondary N) is 2. The van der Waals surface area contributed by atoms with Gasteiger partial charge in [-0.25, -0.2) is 15.8 Å². The van der Waals surface area contributed by atoms with Gasteiger partial charge in [-0.2, -0.15) is 4.98 Å². The first-order valence-electron chi connectivity index (χ1n) is 4.85. The van der Waals surface area contributed by atoms with Gasteiger partial charge in [0.15, 0.2) is 11.0 Å². The van der Waals surface area contributed by atoms with Gasteiger partial charge in [-0.1, -0.05) is 0 Å². The number of rotatable bonds is 3. The van der Waals surface area contributed by atoms with Crippen molar-refractivity contribution in [3.63, 3.8) is 0 Å². The molecule has 2 aromatic heterocycles. The number of H-pyrrole nitrogens is 1. The predicted molar refractivity (Wildman–Crippen MR) is 71.8 cm³/mol. The monoisotopic (exact) mass is 345 g/mol. The minimum absolute atomic E-state index is 0.284. The summed E-state index contributed by atoms with van der Waals surface area (Å²) in [6.45, 7) is 0. The van der Waals surface area contributed by atoms with Gasteiger partial charge >= 0.3 is 11.1 Å². The first-order chi connectivity index (χ1) is 9.02. The molecule has 0 bridgehead atoms. The van der Waals surface area contributed by atoms with Crippen molar-refractivity contribution in [2.75, 3.05) is 5.43 Å². The van der Waals surface area contributed by atoms with Gasteiger partial charge < -0.3 is 5.43 Å². The summed E-state index contributed by atoms with van der Waals surface area (Å²) in [6, 6.07) is 0. The maximum absolute atomic E-state index is 11.2. The molecule has 0 saturated carbocycles. The molecule has 9 nitrogen and oxygen atoms in total. The molecule has 0 fully saturated rings. The fourth-order valence-corrected chi connectivity index (χ4v) is 2.50. The molecule has 11 heteroatoms. The first kappa shape index (κ1) is 13.7.